The fourth-order valence-electron chi connectivity index (χ4n) is 3.12. The van der Waals surface area contributed by atoms with Crippen molar-refractivity contribution in [1.82, 2.24) is 0 Å². The van der Waals surface area contributed by atoms with E-state index in [1.54, 1.807) is 4.90 Å². The SMILES string of the molecule is Cc1cccc(N2C[C@H](C(=O)Nc3ccc(C)cc3C)CC2=O)c1. The van der Waals surface area contributed by atoms with Gasteiger partial charge in [0, 0.05) is 24.3 Å². The van der Waals surface area contributed by atoms with Gasteiger partial charge in [-0.15, -0.1) is 0 Å². The fraction of sp³-hybridized carbons (Fsp3) is 0.300. The molecule has 0 unspecified atom stereocenters. The maximum atomic E-state index is 12.6. The zero-order valence-corrected chi connectivity index (χ0v) is 14.3. The van der Waals surface area contributed by atoms with Crippen LogP contribution in [0.3, 0.4) is 0 Å². The van der Waals surface area contributed by atoms with Gasteiger partial charge in [0.25, 0.3) is 0 Å². The van der Waals surface area contributed by atoms with Crippen molar-refractivity contribution < 1.29 is 9.59 Å². The first kappa shape index (κ1) is 16.2. The van der Waals surface area contributed by atoms with Gasteiger partial charge in [0.05, 0.1) is 5.92 Å². The van der Waals surface area contributed by atoms with E-state index >= 15 is 0 Å². The normalized spacial score (nSPS) is 17.2. The number of nitrogens with zero attached hydrogens (tertiary/aromatic N) is 1. The third-order valence-corrected chi connectivity index (χ3v) is 4.45. The highest BCUT2D eigenvalue weighted by Gasteiger charge is 2.35. The minimum Gasteiger partial charge on any atom is -0.326 e. The lowest BCUT2D eigenvalue weighted by molar-refractivity contribution is -0.122. The highest BCUT2D eigenvalue weighted by molar-refractivity contribution is 6.03. The van der Waals surface area contributed by atoms with E-state index in [0.29, 0.717) is 6.54 Å². The van der Waals surface area contributed by atoms with Crippen molar-refractivity contribution >= 4 is 23.2 Å². The van der Waals surface area contributed by atoms with Crippen LogP contribution in [0, 0.1) is 26.7 Å². The number of hydrogen-bond acceptors (Lipinski definition) is 2. The molecule has 1 atom stereocenters. The topological polar surface area (TPSA) is 49.4 Å². The molecule has 2 aromatic rings. The average molecular weight is 322 g/mol. The summed E-state index contributed by atoms with van der Waals surface area (Å²) in [6, 6.07) is 13.7. The first-order chi connectivity index (χ1) is 11.4. The summed E-state index contributed by atoms with van der Waals surface area (Å²) >= 11 is 0. The molecule has 0 aliphatic carbocycles. The molecule has 2 aromatic carbocycles. The van der Waals surface area contributed by atoms with E-state index in [1.165, 1.54) is 0 Å². The number of hydrogen-bond donors (Lipinski definition) is 1. The Labute approximate surface area is 142 Å². The molecule has 2 amide bonds. The van der Waals surface area contributed by atoms with Crippen LogP contribution in [0.4, 0.5) is 11.4 Å². The Morgan fingerprint density at radius 1 is 1.08 bits per heavy atom. The first-order valence-electron chi connectivity index (χ1n) is 8.19. The first-order valence-corrected chi connectivity index (χ1v) is 8.19. The standard InChI is InChI=1S/C20H22N2O2/c1-13-5-4-6-17(10-13)22-12-16(11-19(22)23)20(24)21-18-8-7-14(2)9-15(18)3/h4-10,16H,11-12H2,1-3H3,(H,21,24)/t16-/m1/s1. The number of aryl methyl sites for hydroxylation is 3. The molecule has 0 aromatic heterocycles. The molecule has 0 saturated carbocycles. The molecule has 1 aliphatic rings. The second-order valence-corrected chi connectivity index (χ2v) is 6.55. The smallest absolute Gasteiger partial charge is 0.229 e. The third-order valence-electron chi connectivity index (χ3n) is 4.45. The Morgan fingerprint density at radius 3 is 2.54 bits per heavy atom. The van der Waals surface area contributed by atoms with Gasteiger partial charge in [-0.3, -0.25) is 9.59 Å². The van der Waals surface area contributed by atoms with E-state index in [2.05, 4.69) is 5.32 Å². The van der Waals surface area contributed by atoms with Crippen molar-refractivity contribution in [3.8, 4) is 0 Å². The van der Waals surface area contributed by atoms with Crippen molar-refractivity contribution in [3.63, 3.8) is 0 Å². The van der Waals surface area contributed by atoms with Gasteiger partial charge >= 0.3 is 0 Å². The lowest BCUT2D eigenvalue weighted by atomic mass is 10.1. The van der Waals surface area contributed by atoms with Crippen LogP contribution in [-0.2, 0) is 9.59 Å². The summed E-state index contributed by atoms with van der Waals surface area (Å²) in [6.07, 6.45) is 0.255. The minimum atomic E-state index is -0.321. The van der Waals surface area contributed by atoms with Crippen LogP contribution in [0.2, 0.25) is 0 Å². The molecule has 24 heavy (non-hydrogen) atoms. The molecular weight excluding hydrogens is 300 g/mol. The van der Waals surface area contributed by atoms with Gasteiger partial charge in [-0.25, -0.2) is 0 Å². The zero-order valence-electron chi connectivity index (χ0n) is 14.3. The maximum absolute atomic E-state index is 12.6. The molecule has 3 rings (SSSR count). The Balaban J connectivity index is 1.72. The largest absolute Gasteiger partial charge is 0.326 e. The van der Waals surface area contributed by atoms with E-state index < -0.39 is 0 Å². The molecular formula is C20H22N2O2. The molecule has 1 N–H and O–H groups in total. The predicted molar refractivity (Wildman–Crippen MR) is 96.2 cm³/mol. The molecule has 4 nitrogen and oxygen atoms in total. The van der Waals surface area contributed by atoms with E-state index in [-0.39, 0.29) is 24.2 Å². The highest BCUT2D eigenvalue weighted by Crippen LogP contribution is 2.27. The van der Waals surface area contributed by atoms with Gasteiger partial charge in [0.1, 0.15) is 0 Å². The number of anilines is 2. The molecule has 1 heterocycles. The van der Waals surface area contributed by atoms with E-state index in [4.69, 9.17) is 0 Å². The molecule has 0 spiro atoms. The van der Waals surface area contributed by atoms with Crippen LogP contribution in [0.1, 0.15) is 23.1 Å². The minimum absolute atomic E-state index is 0.00128. The van der Waals surface area contributed by atoms with Crippen LogP contribution in [-0.4, -0.2) is 18.4 Å². The van der Waals surface area contributed by atoms with Crippen LogP contribution in [0.5, 0.6) is 0 Å². The quantitative estimate of drug-likeness (QED) is 0.938. The summed E-state index contributed by atoms with van der Waals surface area (Å²) < 4.78 is 0. The maximum Gasteiger partial charge on any atom is 0.229 e. The second-order valence-electron chi connectivity index (χ2n) is 6.55. The molecule has 1 fully saturated rings. The Bertz CT molecular complexity index is 798. The summed E-state index contributed by atoms with van der Waals surface area (Å²) in [4.78, 5) is 26.6. The number of carbonyl (C=O) groups excluding carboxylic acids is 2. The van der Waals surface area contributed by atoms with E-state index in [1.807, 2.05) is 63.2 Å². The predicted octanol–water partition coefficient (Wildman–Crippen LogP) is 3.60. The number of nitrogens with one attached hydrogen (secondary N) is 1. The summed E-state index contributed by atoms with van der Waals surface area (Å²) in [6.45, 7) is 6.42. The van der Waals surface area contributed by atoms with Gasteiger partial charge in [-0.1, -0.05) is 29.8 Å². The molecule has 0 radical (unpaired) electrons. The molecule has 1 aliphatic heterocycles. The zero-order chi connectivity index (χ0) is 17.3. The van der Waals surface area contributed by atoms with Crippen LogP contribution < -0.4 is 10.2 Å². The van der Waals surface area contributed by atoms with Gasteiger partial charge in [-0.05, 0) is 50.1 Å². The number of benzene rings is 2. The van der Waals surface area contributed by atoms with Crippen molar-refractivity contribution in [1.29, 1.82) is 0 Å². The molecule has 0 bridgehead atoms. The summed E-state index contributed by atoms with van der Waals surface area (Å²) in [5.41, 5.74) is 4.97. The molecule has 1 saturated heterocycles. The van der Waals surface area contributed by atoms with Gasteiger partial charge in [0.2, 0.25) is 11.8 Å². The van der Waals surface area contributed by atoms with Crippen molar-refractivity contribution in [2.45, 2.75) is 27.2 Å². The average Bonchev–Trinajstić information content (AvgIpc) is 2.92. The van der Waals surface area contributed by atoms with Crippen molar-refractivity contribution in [2.75, 3.05) is 16.8 Å². The molecule has 4 heteroatoms. The van der Waals surface area contributed by atoms with Gasteiger partial charge in [0.15, 0.2) is 0 Å². The number of amides is 2. The second kappa shape index (κ2) is 6.48. The van der Waals surface area contributed by atoms with Gasteiger partial charge in [-0.2, -0.15) is 0 Å². The van der Waals surface area contributed by atoms with Crippen LogP contribution in [0.25, 0.3) is 0 Å². The Kier molecular flexibility index (Phi) is 4.38. The van der Waals surface area contributed by atoms with E-state index in [9.17, 15) is 9.59 Å². The van der Waals surface area contributed by atoms with Crippen molar-refractivity contribution in [3.05, 3.63) is 59.2 Å². The van der Waals surface area contributed by atoms with Crippen molar-refractivity contribution in [2.24, 2.45) is 5.92 Å². The summed E-state index contributed by atoms with van der Waals surface area (Å²) in [7, 11) is 0. The Morgan fingerprint density at radius 2 is 1.83 bits per heavy atom. The summed E-state index contributed by atoms with van der Waals surface area (Å²) in [5, 5.41) is 2.97. The van der Waals surface area contributed by atoms with Crippen LogP contribution in [0.15, 0.2) is 42.5 Å². The third kappa shape index (κ3) is 3.32. The summed E-state index contributed by atoms with van der Waals surface area (Å²) in [5.74, 6) is -0.412. The van der Waals surface area contributed by atoms with Gasteiger partial charge < -0.3 is 10.2 Å². The lowest BCUT2D eigenvalue weighted by Gasteiger charge is -2.17. The Hall–Kier alpha value is -2.62. The lowest BCUT2D eigenvalue weighted by Crippen LogP contribution is -2.28. The number of carbonyl (C=O) groups is 2. The monoisotopic (exact) mass is 322 g/mol. The molecule has 124 valence electrons. The van der Waals surface area contributed by atoms with Crippen LogP contribution >= 0.6 is 0 Å². The fourth-order valence-corrected chi connectivity index (χ4v) is 3.12. The number of rotatable bonds is 3. The highest BCUT2D eigenvalue weighted by atomic mass is 16.2. The van der Waals surface area contributed by atoms with E-state index in [0.717, 1.165) is 28.1 Å².